The minimum absolute atomic E-state index is 0.404. The molecule has 0 saturated carbocycles. The highest BCUT2D eigenvalue weighted by Crippen LogP contribution is 2.24. The minimum Gasteiger partial charge on any atom is -0.497 e. The van der Waals surface area contributed by atoms with E-state index < -0.39 is 0 Å². The van der Waals surface area contributed by atoms with Crippen molar-refractivity contribution in [2.45, 2.75) is 0 Å². The number of aromatic nitrogens is 3. The maximum atomic E-state index is 5.38. The Kier molecular flexibility index (Phi) is 5.30. The van der Waals surface area contributed by atoms with E-state index in [1.54, 1.807) is 31.2 Å². The zero-order valence-electron chi connectivity index (χ0n) is 13.6. The second kappa shape index (κ2) is 7.62. The lowest BCUT2D eigenvalue weighted by Crippen LogP contribution is -1.97. The van der Waals surface area contributed by atoms with E-state index in [2.05, 4.69) is 31.2 Å². The molecule has 3 rings (SSSR count). The van der Waals surface area contributed by atoms with Crippen LogP contribution in [0, 0.1) is 4.77 Å². The van der Waals surface area contributed by atoms with Crippen molar-refractivity contribution in [1.29, 1.82) is 0 Å². The number of halogens is 1. The molecule has 0 radical (unpaired) electrons. The molecule has 6 nitrogen and oxygen atoms in total. The average Bonchev–Trinajstić information content (AvgIpc) is 3.01. The Hall–Kier alpha value is -2.45. The van der Waals surface area contributed by atoms with Gasteiger partial charge in [-0.15, -0.1) is 0 Å². The maximum Gasteiger partial charge on any atom is 0.216 e. The summed E-state index contributed by atoms with van der Waals surface area (Å²) in [5.41, 5.74) is 1.70. The number of hydrogen-bond acceptors (Lipinski definition) is 5. The van der Waals surface area contributed by atoms with Gasteiger partial charge in [0.2, 0.25) is 4.77 Å². The van der Waals surface area contributed by atoms with E-state index in [4.69, 9.17) is 21.7 Å². The molecule has 0 unspecified atom stereocenters. The fraction of sp³-hybridized carbons (Fsp3) is 0.118. The first-order valence-electron chi connectivity index (χ1n) is 7.32. The van der Waals surface area contributed by atoms with Crippen LogP contribution in [0.1, 0.15) is 5.56 Å². The monoisotopic (exact) mass is 418 g/mol. The van der Waals surface area contributed by atoms with Crippen LogP contribution >= 0.6 is 28.1 Å². The number of H-pyrrole nitrogens is 1. The number of aromatic amines is 1. The van der Waals surface area contributed by atoms with E-state index in [1.165, 1.54) is 0 Å². The Morgan fingerprint density at radius 2 is 1.92 bits per heavy atom. The summed E-state index contributed by atoms with van der Waals surface area (Å²) in [4.78, 5) is 0. The molecule has 2 aromatic carbocycles. The van der Waals surface area contributed by atoms with Crippen molar-refractivity contribution >= 4 is 34.4 Å². The predicted octanol–water partition coefficient (Wildman–Crippen LogP) is 4.27. The van der Waals surface area contributed by atoms with E-state index in [9.17, 15) is 0 Å². The summed E-state index contributed by atoms with van der Waals surface area (Å²) in [5.74, 6) is 1.99. The topological polar surface area (TPSA) is 64.4 Å². The average molecular weight is 419 g/mol. The Balaban J connectivity index is 1.99. The van der Waals surface area contributed by atoms with Gasteiger partial charge in [0, 0.05) is 21.7 Å². The molecular formula is C17H15BrN4O2S. The molecule has 128 valence electrons. The minimum atomic E-state index is 0.404. The third-order valence-electron chi connectivity index (χ3n) is 3.51. The Labute approximate surface area is 158 Å². The first kappa shape index (κ1) is 17.4. The molecule has 25 heavy (non-hydrogen) atoms. The van der Waals surface area contributed by atoms with Crippen LogP contribution in [-0.4, -0.2) is 35.3 Å². The van der Waals surface area contributed by atoms with Crippen molar-refractivity contribution in [2.24, 2.45) is 5.10 Å². The SMILES string of the molecule is COc1ccc(C=Nn2c(-c3ccc(Br)cc3)n[nH]c2=S)c(OC)c1. The van der Waals surface area contributed by atoms with Gasteiger partial charge in [-0.1, -0.05) is 28.1 Å². The number of benzene rings is 2. The molecule has 3 aromatic rings. The first-order valence-corrected chi connectivity index (χ1v) is 8.52. The van der Waals surface area contributed by atoms with Crippen LogP contribution in [0.5, 0.6) is 11.5 Å². The van der Waals surface area contributed by atoms with Gasteiger partial charge in [0.05, 0.1) is 20.4 Å². The quantitative estimate of drug-likeness (QED) is 0.496. The lowest BCUT2D eigenvalue weighted by molar-refractivity contribution is 0.394. The second-order valence-electron chi connectivity index (χ2n) is 5.02. The molecule has 8 heteroatoms. The molecule has 0 bridgehead atoms. The Morgan fingerprint density at radius 3 is 2.60 bits per heavy atom. The van der Waals surface area contributed by atoms with E-state index in [0.29, 0.717) is 22.1 Å². The number of methoxy groups -OCH3 is 2. The van der Waals surface area contributed by atoms with Crippen LogP contribution in [0.25, 0.3) is 11.4 Å². The molecule has 0 amide bonds. The number of nitrogens with zero attached hydrogens (tertiary/aromatic N) is 3. The summed E-state index contributed by atoms with van der Waals surface area (Å²) >= 11 is 8.71. The van der Waals surface area contributed by atoms with Crippen molar-refractivity contribution in [3.05, 3.63) is 57.3 Å². The van der Waals surface area contributed by atoms with Gasteiger partial charge in [-0.25, -0.2) is 5.10 Å². The zero-order chi connectivity index (χ0) is 17.8. The Morgan fingerprint density at radius 1 is 1.16 bits per heavy atom. The van der Waals surface area contributed by atoms with Crippen molar-refractivity contribution in [2.75, 3.05) is 14.2 Å². The van der Waals surface area contributed by atoms with Crippen molar-refractivity contribution < 1.29 is 9.47 Å². The van der Waals surface area contributed by atoms with Crippen LogP contribution < -0.4 is 9.47 Å². The number of nitrogens with one attached hydrogen (secondary N) is 1. The standard InChI is InChI=1S/C17H15BrN4O2S/c1-23-14-8-5-12(15(9-14)24-2)10-19-22-16(20-21-17(22)25)11-3-6-13(18)7-4-11/h3-10H,1-2H3,(H,21,25). The first-order chi connectivity index (χ1) is 12.1. The molecule has 0 atom stereocenters. The normalized spacial score (nSPS) is 11.0. The fourth-order valence-electron chi connectivity index (χ4n) is 2.23. The van der Waals surface area contributed by atoms with Crippen molar-refractivity contribution in [1.82, 2.24) is 14.9 Å². The van der Waals surface area contributed by atoms with Gasteiger partial charge in [0.25, 0.3) is 0 Å². The summed E-state index contributed by atoms with van der Waals surface area (Å²) < 4.78 is 13.5. The van der Waals surface area contributed by atoms with Gasteiger partial charge >= 0.3 is 0 Å². The summed E-state index contributed by atoms with van der Waals surface area (Å²) in [6, 6.07) is 13.3. The molecule has 0 aliphatic rings. The molecule has 1 N–H and O–H groups in total. The van der Waals surface area contributed by atoms with Gasteiger partial charge in [0.15, 0.2) is 5.82 Å². The molecule has 0 aliphatic heterocycles. The predicted molar refractivity (Wildman–Crippen MR) is 103 cm³/mol. The highest BCUT2D eigenvalue weighted by atomic mass is 79.9. The molecule has 0 fully saturated rings. The van der Waals surface area contributed by atoms with Gasteiger partial charge in [0.1, 0.15) is 11.5 Å². The van der Waals surface area contributed by atoms with Crippen molar-refractivity contribution in [3.63, 3.8) is 0 Å². The molecular weight excluding hydrogens is 404 g/mol. The van der Waals surface area contributed by atoms with Crippen LogP contribution in [-0.2, 0) is 0 Å². The van der Waals surface area contributed by atoms with E-state index >= 15 is 0 Å². The lowest BCUT2D eigenvalue weighted by atomic mass is 10.2. The smallest absolute Gasteiger partial charge is 0.216 e. The number of rotatable bonds is 5. The van der Waals surface area contributed by atoms with Gasteiger partial charge in [-0.2, -0.15) is 14.9 Å². The number of hydrogen-bond donors (Lipinski definition) is 1. The molecule has 0 aliphatic carbocycles. The van der Waals surface area contributed by atoms with Crippen molar-refractivity contribution in [3.8, 4) is 22.9 Å². The molecule has 0 spiro atoms. The summed E-state index contributed by atoms with van der Waals surface area (Å²) in [7, 11) is 3.21. The third-order valence-corrected chi connectivity index (χ3v) is 4.30. The van der Waals surface area contributed by atoms with E-state index in [0.717, 1.165) is 15.6 Å². The van der Waals surface area contributed by atoms with Crippen LogP contribution in [0.15, 0.2) is 52.0 Å². The van der Waals surface area contributed by atoms with Gasteiger partial charge in [-0.05, 0) is 36.5 Å². The van der Waals surface area contributed by atoms with Crippen LogP contribution in [0.4, 0.5) is 0 Å². The highest BCUT2D eigenvalue weighted by Gasteiger charge is 2.09. The van der Waals surface area contributed by atoms with E-state index in [1.807, 2.05) is 36.4 Å². The largest absolute Gasteiger partial charge is 0.497 e. The van der Waals surface area contributed by atoms with Crippen LogP contribution in [0.2, 0.25) is 0 Å². The lowest BCUT2D eigenvalue weighted by Gasteiger charge is -2.07. The summed E-state index contributed by atoms with van der Waals surface area (Å²) in [5, 5.41) is 11.5. The molecule has 1 heterocycles. The van der Waals surface area contributed by atoms with Gasteiger partial charge < -0.3 is 9.47 Å². The van der Waals surface area contributed by atoms with Gasteiger partial charge in [-0.3, -0.25) is 0 Å². The number of ether oxygens (including phenoxy) is 2. The molecule has 0 saturated heterocycles. The highest BCUT2D eigenvalue weighted by molar-refractivity contribution is 9.10. The maximum absolute atomic E-state index is 5.38. The third kappa shape index (κ3) is 3.80. The van der Waals surface area contributed by atoms with Crippen LogP contribution in [0.3, 0.4) is 0 Å². The Bertz CT molecular complexity index is 964. The van der Waals surface area contributed by atoms with E-state index in [-0.39, 0.29) is 0 Å². The summed E-state index contributed by atoms with van der Waals surface area (Å²) in [6.07, 6.45) is 1.67. The second-order valence-corrected chi connectivity index (χ2v) is 6.33. The fourth-order valence-corrected chi connectivity index (χ4v) is 2.67. The zero-order valence-corrected chi connectivity index (χ0v) is 16.0. The summed E-state index contributed by atoms with van der Waals surface area (Å²) in [6.45, 7) is 0. The molecule has 1 aromatic heterocycles.